The van der Waals surface area contributed by atoms with Crippen LogP contribution in [-0.2, 0) is 11.0 Å². The van der Waals surface area contributed by atoms with E-state index in [2.05, 4.69) is 5.32 Å². The molecule has 0 radical (unpaired) electrons. The molecule has 6 nitrogen and oxygen atoms in total. The second kappa shape index (κ2) is 9.17. The van der Waals surface area contributed by atoms with E-state index in [0.717, 1.165) is 35.0 Å². The summed E-state index contributed by atoms with van der Waals surface area (Å²) >= 11 is 0.801. The van der Waals surface area contributed by atoms with Gasteiger partial charge in [0.05, 0.1) is 34.3 Å². The first kappa shape index (κ1) is 22.5. The highest BCUT2D eigenvalue weighted by molar-refractivity contribution is 8.00. The van der Waals surface area contributed by atoms with E-state index >= 15 is 0 Å². The number of thioether (sulfide) groups is 1. The molecule has 0 aliphatic carbocycles. The summed E-state index contributed by atoms with van der Waals surface area (Å²) in [5.41, 5.74) is -0.0489. The first-order valence-corrected chi connectivity index (χ1v) is 9.43. The maximum Gasteiger partial charge on any atom is 0.416 e. The normalized spacial score (nSPS) is 12.3. The van der Waals surface area contributed by atoms with Gasteiger partial charge in [0.25, 0.3) is 5.69 Å². The van der Waals surface area contributed by atoms with Crippen molar-refractivity contribution in [3.8, 4) is 5.75 Å². The molecule has 10 heteroatoms. The third kappa shape index (κ3) is 5.86. The van der Waals surface area contributed by atoms with Gasteiger partial charge in [0, 0.05) is 11.6 Å². The van der Waals surface area contributed by atoms with E-state index in [1.165, 1.54) is 7.11 Å². The highest BCUT2D eigenvalue weighted by Gasteiger charge is 2.33. The molecule has 1 unspecified atom stereocenters. The van der Waals surface area contributed by atoms with Gasteiger partial charge in [-0.1, -0.05) is 17.7 Å². The summed E-state index contributed by atoms with van der Waals surface area (Å²) in [6, 6.07) is 7.38. The molecule has 2 aromatic rings. The van der Waals surface area contributed by atoms with Crippen LogP contribution in [0.15, 0.2) is 41.3 Å². The fourth-order valence-electron chi connectivity index (χ4n) is 2.65. The van der Waals surface area contributed by atoms with Gasteiger partial charge >= 0.3 is 6.18 Å². The van der Waals surface area contributed by atoms with Gasteiger partial charge in [-0.25, -0.2) is 0 Å². The smallest absolute Gasteiger partial charge is 0.416 e. The second-order valence-electron chi connectivity index (χ2n) is 6.26. The zero-order valence-corrected chi connectivity index (χ0v) is 16.7. The van der Waals surface area contributed by atoms with Crippen LogP contribution >= 0.6 is 11.8 Å². The summed E-state index contributed by atoms with van der Waals surface area (Å²) in [5.74, 6) is -0.000282. The molecule has 2 rings (SSSR count). The van der Waals surface area contributed by atoms with Crippen LogP contribution in [-0.4, -0.2) is 23.7 Å². The lowest BCUT2D eigenvalue weighted by Gasteiger charge is -2.18. The number of carbonyl (C=O) groups excluding carboxylic acids is 1. The van der Waals surface area contributed by atoms with Crippen molar-refractivity contribution >= 4 is 23.4 Å². The molecule has 29 heavy (non-hydrogen) atoms. The fraction of sp³-hybridized carbons (Fsp3) is 0.316. The molecule has 1 N–H and O–H groups in total. The average molecular weight is 428 g/mol. The summed E-state index contributed by atoms with van der Waals surface area (Å²) in [7, 11) is 1.52. The van der Waals surface area contributed by atoms with Crippen LogP contribution < -0.4 is 10.1 Å². The number of aryl methyl sites for hydroxylation is 1. The summed E-state index contributed by atoms with van der Waals surface area (Å²) in [6.45, 7) is 3.66. The van der Waals surface area contributed by atoms with Crippen molar-refractivity contribution in [3.63, 3.8) is 0 Å². The Hall–Kier alpha value is -2.75. The Morgan fingerprint density at radius 2 is 1.97 bits per heavy atom. The van der Waals surface area contributed by atoms with E-state index in [0.29, 0.717) is 11.8 Å². The zero-order chi connectivity index (χ0) is 21.8. The fourth-order valence-corrected chi connectivity index (χ4v) is 3.47. The van der Waals surface area contributed by atoms with Gasteiger partial charge in [-0.05, 0) is 32.0 Å². The number of nitro groups is 1. The molecule has 0 aliphatic heterocycles. The number of nitrogens with zero attached hydrogens (tertiary/aromatic N) is 1. The summed E-state index contributed by atoms with van der Waals surface area (Å²) in [6.07, 6.45) is -4.69. The number of amides is 1. The van der Waals surface area contributed by atoms with Gasteiger partial charge in [-0.3, -0.25) is 14.9 Å². The largest absolute Gasteiger partial charge is 0.496 e. The van der Waals surface area contributed by atoms with Crippen molar-refractivity contribution in [3.05, 3.63) is 63.2 Å². The van der Waals surface area contributed by atoms with Crippen molar-refractivity contribution in [1.82, 2.24) is 5.32 Å². The van der Waals surface area contributed by atoms with Gasteiger partial charge in [0.2, 0.25) is 5.91 Å². The van der Waals surface area contributed by atoms with Gasteiger partial charge in [-0.2, -0.15) is 13.2 Å². The molecule has 0 fully saturated rings. The Balaban J connectivity index is 2.09. The minimum absolute atomic E-state index is 0.0149. The summed E-state index contributed by atoms with van der Waals surface area (Å²) < 4.78 is 43.6. The van der Waals surface area contributed by atoms with Crippen LogP contribution in [0.5, 0.6) is 5.75 Å². The number of hydrogen-bond donors (Lipinski definition) is 1. The van der Waals surface area contributed by atoms with Crippen LogP contribution in [0.25, 0.3) is 0 Å². The number of benzene rings is 2. The lowest BCUT2D eigenvalue weighted by molar-refractivity contribution is -0.388. The summed E-state index contributed by atoms with van der Waals surface area (Å²) in [4.78, 5) is 22.5. The minimum atomic E-state index is -4.69. The quantitative estimate of drug-likeness (QED) is 0.385. The van der Waals surface area contributed by atoms with Gasteiger partial charge in [0.15, 0.2) is 0 Å². The predicted molar refractivity (Wildman–Crippen MR) is 103 cm³/mol. The number of nitrogens with one attached hydrogen (secondary N) is 1. The number of ether oxygens (including phenoxy) is 1. The number of hydrogen-bond acceptors (Lipinski definition) is 5. The molecule has 1 atom stereocenters. The Kier molecular flexibility index (Phi) is 7.12. The molecular formula is C19H19F3N2O4S. The topological polar surface area (TPSA) is 81.5 Å². The predicted octanol–water partition coefficient (Wildman–Crippen LogP) is 4.90. The molecule has 0 aromatic heterocycles. The van der Waals surface area contributed by atoms with E-state index in [1.807, 2.05) is 19.1 Å². The average Bonchev–Trinajstić information content (AvgIpc) is 2.65. The molecule has 156 valence electrons. The van der Waals surface area contributed by atoms with E-state index < -0.39 is 28.3 Å². The number of carbonyl (C=O) groups is 1. The molecule has 1 amide bonds. The number of halogens is 3. The van der Waals surface area contributed by atoms with Crippen molar-refractivity contribution < 1.29 is 27.6 Å². The Labute approximate surface area is 169 Å². The molecule has 0 bridgehead atoms. The van der Waals surface area contributed by atoms with E-state index in [-0.39, 0.29) is 16.7 Å². The molecule has 0 spiro atoms. The second-order valence-corrected chi connectivity index (χ2v) is 7.28. The highest BCUT2D eigenvalue weighted by Crippen LogP contribution is 2.36. The minimum Gasteiger partial charge on any atom is -0.496 e. The molecule has 0 saturated carbocycles. The monoisotopic (exact) mass is 428 g/mol. The molecular weight excluding hydrogens is 409 g/mol. The Morgan fingerprint density at radius 1 is 1.28 bits per heavy atom. The SMILES string of the molecule is COc1ccc(C)cc1C(C)NC(=O)CSc1ccc(C(F)(F)F)cc1[N+](=O)[O-]. The molecule has 0 aliphatic rings. The van der Waals surface area contributed by atoms with Crippen molar-refractivity contribution in [2.45, 2.75) is 31.0 Å². The third-order valence-corrected chi connectivity index (χ3v) is 5.13. The van der Waals surface area contributed by atoms with Gasteiger partial charge in [0.1, 0.15) is 5.75 Å². The van der Waals surface area contributed by atoms with Crippen molar-refractivity contribution in [2.24, 2.45) is 0 Å². The molecule has 2 aromatic carbocycles. The Bertz CT molecular complexity index is 919. The van der Waals surface area contributed by atoms with Gasteiger partial charge in [-0.15, -0.1) is 11.8 Å². The first-order valence-electron chi connectivity index (χ1n) is 8.45. The Morgan fingerprint density at radius 3 is 2.55 bits per heavy atom. The van der Waals surface area contributed by atoms with Crippen molar-refractivity contribution in [1.29, 1.82) is 0 Å². The van der Waals surface area contributed by atoms with Crippen LogP contribution in [0.2, 0.25) is 0 Å². The maximum atomic E-state index is 12.8. The number of nitro benzene ring substituents is 1. The van der Waals surface area contributed by atoms with Crippen LogP contribution in [0, 0.1) is 17.0 Å². The van der Waals surface area contributed by atoms with Crippen LogP contribution in [0.3, 0.4) is 0 Å². The van der Waals surface area contributed by atoms with Gasteiger partial charge < -0.3 is 10.1 Å². The number of methoxy groups -OCH3 is 1. The van der Waals surface area contributed by atoms with Crippen LogP contribution in [0.1, 0.15) is 29.7 Å². The number of alkyl halides is 3. The standard InChI is InChI=1S/C19H19F3N2O4S/c1-11-4-6-16(28-3)14(8-11)12(2)23-18(25)10-29-17-7-5-13(19(20,21)22)9-15(17)24(26)27/h4-9,12H,10H2,1-3H3,(H,23,25). The summed E-state index contributed by atoms with van der Waals surface area (Å²) in [5, 5.41) is 13.9. The van der Waals surface area contributed by atoms with Crippen molar-refractivity contribution in [2.75, 3.05) is 12.9 Å². The maximum absolute atomic E-state index is 12.8. The lowest BCUT2D eigenvalue weighted by atomic mass is 10.0. The van der Waals surface area contributed by atoms with E-state index in [4.69, 9.17) is 4.74 Å². The van der Waals surface area contributed by atoms with Crippen LogP contribution in [0.4, 0.5) is 18.9 Å². The molecule has 0 heterocycles. The lowest BCUT2D eigenvalue weighted by Crippen LogP contribution is -2.28. The van der Waals surface area contributed by atoms with E-state index in [1.54, 1.807) is 13.0 Å². The highest BCUT2D eigenvalue weighted by atomic mass is 32.2. The van der Waals surface area contributed by atoms with E-state index in [9.17, 15) is 28.1 Å². The first-order chi connectivity index (χ1) is 13.5. The zero-order valence-electron chi connectivity index (χ0n) is 15.9. The number of rotatable bonds is 7. The molecule has 0 saturated heterocycles. The third-order valence-electron chi connectivity index (χ3n) is 4.07.